The molecule has 0 aliphatic carbocycles. The van der Waals surface area contributed by atoms with E-state index in [1.54, 1.807) is 6.92 Å². The molecule has 0 saturated heterocycles. The van der Waals surface area contributed by atoms with Gasteiger partial charge in [0.05, 0.1) is 11.1 Å². The third-order valence-electron chi connectivity index (χ3n) is 3.24. The van der Waals surface area contributed by atoms with E-state index in [2.05, 4.69) is 6.58 Å². The Balaban J connectivity index is 3.01. The molecule has 0 saturated carbocycles. The van der Waals surface area contributed by atoms with Crippen molar-refractivity contribution in [3.8, 4) is 23.0 Å². The van der Waals surface area contributed by atoms with Gasteiger partial charge in [0.1, 0.15) is 0 Å². The van der Waals surface area contributed by atoms with Gasteiger partial charge in [-0.2, -0.15) is 0 Å². The number of esters is 3. The van der Waals surface area contributed by atoms with Gasteiger partial charge in [0.15, 0.2) is 17.2 Å². The van der Waals surface area contributed by atoms with Gasteiger partial charge in [0.2, 0.25) is 11.2 Å². The fraction of sp³-hybridized carbons (Fsp3) is 0.200. The number of ether oxygens (including phenoxy) is 4. The molecule has 0 N–H and O–H groups in total. The standard InChI is InChI=1S/C20H18O8/c1-10(2)25-15-8-6-7-14-9-16(26-11(3)21)19(27-12(4)22)20(28-13(5)23)17(14)18(15)24/h6-9H,1H2,2-5H3. The summed E-state index contributed by atoms with van der Waals surface area (Å²) in [6.07, 6.45) is 0. The van der Waals surface area contributed by atoms with E-state index in [4.69, 9.17) is 18.9 Å². The van der Waals surface area contributed by atoms with Crippen LogP contribution in [-0.4, -0.2) is 17.9 Å². The average molecular weight is 386 g/mol. The number of hydrogen-bond acceptors (Lipinski definition) is 8. The van der Waals surface area contributed by atoms with Crippen LogP contribution in [0.2, 0.25) is 0 Å². The van der Waals surface area contributed by atoms with Gasteiger partial charge in [-0.3, -0.25) is 19.2 Å². The molecule has 0 radical (unpaired) electrons. The van der Waals surface area contributed by atoms with Crippen LogP contribution in [0.4, 0.5) is 0 Å². The SMILES string of the molecule is C=C(C)Oc1cccc2cc(OC(C)=O)c(OC(C)=O)c(OC(C)=O)c2c1=O. The predicted molar refractivity (Wildman–Crippen MR) is 99.6 cm³/mol. The smallest absolute Gasteiger partial charge is 0.308 e. The molecule has 0 aromatic heterocycles. The summed E-state index contributed by atoms with van der Waals surface area (Å²) < 4.78 is 20.7. The van der Waals surface area contributed by atoms with Crippen LogP contribution >= 0.6 is 0 Å². The van der Waals surface area contributed by atoms with Gasteiger partial charge >= 0.3 is 17.9 Å². The first-order chi connectivity index (χ1) is 13.1. The lowest BCUT2D eigenvalue weighted by molar-refractivity contribution is -0.135. The lowest BCUT2D eigenvalue weighted by Gasteiger charge is -2.14. The second kappa shape index (κ2) is 8.34. The molecule has 8 heteroatoms. The first-order valence-electron chi connectivity index (χ1n) is 8.12. The Kier molecular flexibility index (Phi) is 6.15. The van der Waals surface area contributed by atoms with Gasteiger partial charge in [0, 0.05) is 20.8 Å². The van der Waals surface area contributed by atoms with Crippen molar-refractivity contribution < 1.29 is 33.3 Å². The van der Waals surface area contributed by atoms with E-state index in [0.717, 1.165) is 20.8 Å². The highest BCUT2D eigenvalue weighted by molar-refractivity contribution is 5.96. The molecule has 0 spiro atoms. The Morgan fingerprint density at radius 3 is 1.89 bits per heavy atom. The molecule has 0 unspecified atom stereocenters. The van der Waals surface area contributed by atoms with Crippen molar-refractivity contribution in [1.82, 2.24) is 0 Å². The van der Waals surface area contributed by atoms with E-state index in [1.165, 1.54) is 24.3 Å². The number of benzene rings is 1. The highest BCUT2D eigenvalue weighted by Gasteiger charge is 2.24. The maximum atomic E-state index is 13.0. The van der Waals surface area contributed by atoms with Gasteiger partial charge in [-0.1, -0.05) is 18.7 Å². The van der Waals surface area contributed by atoms with Crippen molar-refractivity contribution >= 4 is 28.7 Å². The molecule has 0 aliphatic heterocycles. The Morgan fingerprint density at radius 2 is 1.36 bits per heavy atom. The van der Waals surface area contributed by atoms with Crippen LogP contribution in [0, 0.1) is 0 Å². The van der Waals surface area contributed by atoms with E-state index in [9.17, 15) is 19.2 Å². The van der Waals surface area contributed by atoms with Gasteiger partial charge in [-0.25, -0.2) is 0 Å². The second-order valence-electron chi connectivity index (χ2n) is 5.80. The minimum absolute atomic E-state index is 0.0788. The molecule has 8 nitrogen and oxygen atoms in total. The minimum Gasteiger partial charge on any atom is -0.459 e. The number of allylic oxidation sites excluding steroid dienone is 1. The van der Waals surface area contributed by atoms with E-state index in [1.807, 2.05) is 0 Å². The summed E-state index contributed by atoms with van der Waals surface area (Å²) in [5.41, 5.74) is -0.637. The van der Waals surface area contributed by atoms with Crippen LogP contribution in [0.5, 0.6) is 23.0 Å². The van der Waals surface area contributed by atoms with Crippen molar-refractivity contribution in [3.05, 3.63) is 46.8 Å². The highest BCUT2D eigenvalue weighted by Crippen LogP contribution is 2.43. The van der Waals surface area contributed by atoms with E-state index >= 15 is 0 Å². The maximum absolute atomic E-state index is 13.0. The molecule has 2 aromatic carbocycles. The van der Waals surface area contributed by atoms with Crippen molar-refractivity contribution in [2.24, 2.45) is 0 Å². The summed E-state index contributed by atoms with van der Waals surface area (Å²) in [7, 11) is 0. The largest absolute Gasteiger partial charge is 0.459 e. The molecule has 28 heavy (non-hydrogen) atoms. The van der Waals surface area contributed by atoms with Crippen LogP contribution < -0.4 is 24.4 Å². The Hall–Kier alpha value is -3.68. The Labute approximate surface area is 160 Å². The zero-order valence-electron chi connectivity index (χ0n) is 15.8. The molecule has 146 valence electrons. The lowest BCUT2D eigenvalue weighted by Crippen LogP contribution is -2.13. The van der Waals surface area contributed by atoms with Crippen LogP contribution in [-0.2, 0) is 14.4 Å². The van der Waals surface area contributed by atoms with Gasteiger partial charge < -0.3 is 18.9 Å². The summed E-state index contributed by atoms with van der Waals surface area (Å²) in [4.78, 5) is 47.7. The molecular weight excluding hydrogens is 368 g/mol. The maximum Gasteiger partial charge on any atom is 0.308 e. The average Bonchev–Trinajstić information content (AvgIpc) is 2.68. The first kappa shape index (κ1) is 20.6. The zero-order valence-corrected chi connectivity index (χ0v) is 15.8. The summed E-state index contributed by atoms with van der Waals surface area (Å²) in [5.74, 6) is -2.96. The molecule has 0 bridgehead atoms. The molecule has 0 aliphatic rings. The fourth-order valence-electron chi connectivity index (χ4n) is 2.42. The third-order valence-corrected chi connectivity index (χ3v) is 3.24. The van der Waals surface area contributed by atoms with Gasteiger partial charge in [-0.15, -0.1) is 0 Å². The van der Waals surface area contributed by atoms with Crippen molar-refractivity contribution in [2.75, 3.05) is 0 Å². The summed E-state index contributed by atoms with van der Waals surface area (Å²) >= 11 is 0. The fourth-order valence-corrected chi connectivity index (χ4v) is 2.42. The Morgan fingerprint density at radius 1 is 0.786 bits per heavy atom. The minimum atomic E-state index is -0.775. The number of rotatable bonds is 5. The molecule has 0 atom stereocenters. The normalized spacial score (nSPS) is 10.1. The summed E-state index contributed by atoms with van der Waals surface area (Å²) in [6, 6.07) is 5.79. The van der Waals surface area contributed by atoms with Crippen LogP contribution in [0.15, 0.2) is 41.4 Å². The number of carbonyl (C=O) groups excluding carboxylic acids is 3. The molecule has 2 rings (SSSR count). The van der Waals surface area contributed by atoms with Crippen molar-refractivity contribution in [1.29, 1.82) is 0 Å². The topological polar surface area (TPSA) is 105 Å². The molecule has 0 heterocycles. The van der Waals surface area contributed by atoms with Crippen molar-refractivity contribution in [2.45, 2.75) is 27.7 Å². The summed E-state index contributed by atoms with van der Waals surface area (Å²) in [5, 5.41) is 0.175. The van der Waals surface area contributed by atoms with E-state index in [-0.39, 0.29) is 39.5 Å². The van der Waals surface area contributed by atoms with E-state index in [0.29, 0.717) is 0 Å². The van der Waals surface area contributed by atoms with Crippen molar-refractivity contribution in [3.63, 3.8) is 0 Å². The zero-order chi connectivity index (χ0) is 21.0. The molecule has 0 amide bonds. The third kappa shape index (κ3) is 4.73. The number of hydrogen-bond donors (Lipinski definition) is 0. The predicted octanol–water partition coefficient (Wildman–Crippen LogP) is 2.89. The quantitative estimate of drug-likeness (QED) is 0.439. The molecule has 2 aromatic rings. The Bertz CT molecular complexity index is 1050. The second-order valence-corrected chi connectivity index (χ2v) is 5.80. The highest BCUT2D eigenvalue weighted by atomic mass is 16.6. The van der Waals surface area contributed by atoms with Crippen LogP contribution in [0.1, 0.15) is 27.7 Å². The van der Waals surface area contributed by atoms with Crippen LogP contribution in [0.3, 0.4) is 0 Å². The van der Waals surface area contributed by atoms with E-state index < -0.39 is 23.3 Å². The van der Waals surface area contributed by atoms with Crippen LogP contribution in [0.25, 0.3) is 10.8 Å². The van der Waals surface area contributed by atoms with Gasteiger partial charge in [0.25, 0.3) is 0 Å². The van der Waals surface area contributed by atoms with Gasteiger partial charge in [-0.05, 0) is 24.4 Å². The monoisotopic (exact) mass is 386 g/mol. The molecular formula is C20H18O8. The first-order valence-corrected chi connectivity index (χ1v) is 8.12. The summed E-state index contributed by atoms with van der Waals surface area (Å²) in [6.45, 7) is 8.52. The lowest BCUT2D eigenvalue weighted by atomic mass is 10.1. The molecule has 0 fully saturated rings. The number of fused-ring (bicyclic) bond motifs is 1. The number of carbonyl (C=O) groups is 3.